The van der Waals surface area contributed by atoms with Crippen molar-refractivity contribution in [2.75, 3.05) is 0 Å². The van der Waals surface area contributed by atoms with Crippen molar-refractivity contribution < 1.29 is 4.42 Å². The first kappa shape index (κ1) is 19.8. The van der Waals surface area contributed by atoms with Crippen molar-refractivity contribution in [2.45, 2.75) is 0 Å². The molecule has 0 aliphatic heterocycles. The first-order valence-corrected chi connectivity index (χ1v) is 13.4. The summed E-state index contributed by atoms with van der Waals surface area (Å²) in [7, 11) is 0. The molecule has 0 N–H and O–H groups in total. The molecule has 4 aromatic heterocycles. The number of nitrogens with zero attached hydrogens (tertiary/aromatic N) is 2. The van der Waals surface area contributed by atoms with Gasteiger partial charge in [-0.1, -0.05) is 72.8 Å². The fourth-order valence-electron chi connectivity index (χ4n) is 7.17. The van der Waals surface area contributed by atoms with Crippen molar-refractivity contribution in [3.05, 3.63) is 121 Å². The quantitative estimate of drug-likeness (QED) is 0.222. The van der Waals surface area contributed by atoms with E-state index < -0.39 is 0 Å². The van der Waals surface area contributed by atoms with E-state index in [-0.39, 0.29) is 0 Å². The Bertz CT molecular complexity index is 2600. The number of para-hydroxylation sites is 4. The van der Waals surface area contributed by atoms with Gasteiger partial charge in [0.25, 0.3) is 0 Å². The van der Waals surface area contributed by atoms with Crippen molar-refractivity contribution in [2.24, 2.45) is 0 Å². The zero-order valence-electron chi connectivity index (χ0n) is 20.8. The summed E-state index contributed by atoms with van der Waals surface area (Å²) in [4.78, 5) is 0. The second-order valence-corrected chi connectivity index (χ2v) is 10.5. The van der Waals surface area contributed by atoms with Crippen LogP contribution >= 0.6 is 0 Å². The standard InChI is InChI=1S/C36H20N2O/c1-2-10-21(11-3-1)37-27-16-8-5-13-23(27)32-29(37)20-25-22-12-4-7-15-26(22)38-28-18-19-31-33(34(28)35(32)36(25)38)24-14-6-9-17-30(24)39-31/h1-20H. The largest absolute Gasteiger partial charge is 0.456 e. The van der Waals surface area contributed by atoms with Crippen LogP contribution in [0.1, 0.15) is 0 Å². The Balaban J connectivity index is 1.61. The van der Waals surface area contributed by atoms with Gasteiger partial charge in [0.2, 0.25) is 0 Å². The SMILES string of the molecule is c1ccc(-n2c3ccccc3c3c4c5c6c(ccc5n5c7ccccc7c(cc32)c45)oc2ccccc26)cc1. The summed E-state index contributed by atoms with van der Waals surface area (Å²) in [6.45, 7) is 0. The van der Waals surface area contributed by atoms with Crippen LogP contribution in [-0.4, -0.2) is 8.97 Å². The summed E-state index contributed by atoms with van der Waals surface area (Å²) in [6, 6.07) is 43.6. The Morgan fingerprint density at radius 1 is 0.410 bits per heavy atom. The molecule has 0 atom stereocenters. The summed E-state index contributed by atoms with van der Waals surface area (Å²) >= 11 is 0. The molecule has 10 aromatic rings. The Kier molecular flexibility index (Phi) is 3.44. The van der Waals surface area contributed by atoms with E-state index in [0.29, 0.717) is 0 Å². The third kappa shape index (κ3) is 2.27. The lowest BCUT2D eigenvalue weighted by atomic mass is 9.99. The van der Waals surface area contributed by atoms with Crippen molar-refractivity contribution in [3.63, 3.8) is 0 Å². The minimum Gasteiger partial charge on any atom is -0.456 e. The summed E-state index contributed by atoms with van der Waals surface area (Å²) in [5, 5.41) is 10.1. The molecule has 3 nitrogen and oxygen atoms in total. The van der Waals surface area contributed by atoms with Gasteiger partial charge < -0.3 is 13.4 Å². The van der Waals surface area contributed by atoms with E-state index >= 15 is 0 Å². The number of furan rings is 1. The fourth-order valence-corrected chi connectivity index (χ4v) is 7.17. The maximum absolute atomic E-state index is 6.40. The average molecular weight is 497 g/mol. The molecule has 0 bridgehead atoms. The van der Waals surface area contributed by atoms with E-state index in [4.69, 9.17) is 4.42 Å². The van der Waals surface area contributed by atoms with E-state index in [2.05, 4.69) is 124 Å². The van der Waals surface area contributed by atoms with Crippen LogP contribution in [0.2, 0.25) is 0 Å². The molecule has 0 saturated carbocycles. The van der Waals surface area contributed by atoms with Crippen molar-refractivity contribution in [3.8, 4) is 5.69 Å². The molecule has 0 aliphatic carbocycles. The van der Waals surface area contributed by atoms with Crippen molar-refractivity contribution >= 4 is 81.8 Å². The van der Waals surface area contributed by atoms with Gasteiger partial charge in [0.05, 0.1) is 27.6 Å². The highest BCUT2D eigenvalue weighted by Crippen LogP contribution is 2.49. The van der Waals surface area contributed by atoms with Gasteiger partial charge in [-0.05, 0) is 48.5 Å². The number of rotatable bonds is 1. The van der Waals surface area contributed by atoms with Gasteiger partial charge in [-0.2, -0.15) is 0 Å². The first-order valence-electron chi connectivity index (χ1n) is 13.4. The molecule has 6 aromatic carbocycles. The second kappa shape index (κ2) is 6.77. The summed E-state index contributed by atoms with van der Waals surface area (Å²) in [5.74, 6) is 0. The Morgan fingerprint density at radius 3 is 2.00 bits per heavy atom. The third-order valence-electron chi connectivity index (χ3n) is 8.62. The van der Waals surface area contributed by atoms with E-state index in [9.17, 15) is 0 Å². The minimum absolute atomic E-state index is 0.928. The van der Waals surface area contributed by atoms with Crippen LogP contribution in [0.5, 0.6) is 0 Å². The molecule has 4 heterocycles. The monoisotopic (exact) mass is 496 g/mol. The van der Waals surface area contributed by atoms with Crippen LogP contribution in [0.25, 0.3) is 87.5 Å². The highest BCUT2D eigenvalue weighted by Gasteiger charge is 2.26. The third-order valence-corrected chi connectivity index (χ3v) is 8.62. The zero-order chi connectivity index (χ0) is 25.2. The van der Waals surface area contributed by atoms with Gasteiger partial charge >= 0.3 is 0 Å². The maximum Gasteiger partial charge on any atom is 0.136 e. The smallest absolute Gasteiger partial charge is 0.136 e. The maximum atomic E-state index is 6.40. The van der Waals surface area contributed by atoms with Crippen LogP contribution in [0.4, 0.5) is 0 Å². The molecule has 0 saturated heterocycles. The number of hydrogen-bond donors (Lipinski definition) is 0. The summed E-state index contributed by atoms with van der Waals surface area (Å²) in [5.41, 5.74) is 9.22. The number of hydrogen-bond acceptors (Lipinski definition) is 1. The lowest BCUT2D eigenvalue weighted by Crippen LogP contribution is -1.92. The molecule has 0 radical (unpaired) electrons. The number of fused-ring (bicyclic) bond motifs is 14. The first-order chi connectivity index (χ1) is 19.4. The highest BCUT2D eigenvalue weighted by molar-refractivity contribution is 6.40. The molecule has 0 amide bonds. The normalized spacial score (nSPS) is 12.6. The predicted octanol–water partition coefficient (Wildman–Crippen LogP) is 9.83. The lowest BCUT2D eigenvalue weighted by Gasteiger charge is -2.08. The molecular weight excluding hydrogens is 476 g/mol. The van der Waals surface area contributed by atoms with Crippen LogP contribution in [0.3, 0.4) is 0 Å². The molecule has 3 heteroatoms. The molecule has 0 spiro atoms. The molecule has 180 valence electrons. The highest BCUT2D eigenvalue weighted by atomic mass is 16.3. The van der Waals surface area contributed by atoms with Crippen LogP contribution in [-0.2, 0) is 0 Å². The van der Waals surface area contributed by atoms with Gasteiger partial charge in [0.15, 0.2) is 0 Å². The van der Waals surface area contributed by atoms with Crippen LogP contribution in [0, 0.1) is 0 Å². The van der Waals surface area contributed by atoms with Gasteiger partial charge in [0.1, 0.15) is 11.2 Å². The minimum atomic E-state index is 0.928. The molecule has 10 rings (SSSR count). The summed E-state index contributed by atoms with van der Waals surface area (Å²) < 4.78 is 11.3. The molecular formula is C36H20N2O. The molecule has 0 fully saturated rings. The zero-order valence-corrected chi connectivity index (χ0v) is 20.8. The Morgan fingerprint density at radius 2 is 1.13 bits per heavy atom. The Labute approximate surface area is 222 Å². The van der Waals surface area contributed by atoms with Crippen molar-refractivity contribution in [1.29, 1.82) is 0 Å². The van der Waals surface area contributed by atoms with Gasteiger partial charge in [-0.3, -0.25) is 0 Å². The van der Waals surface area contributed by atoms with Gasteiger partial charge in [0, 0.05) is 48.8 Å². The molecule has 39 heavy (non-hydrogen) atoms. The number of benzene rings is 6. The van der Waals surface area contributed by atoms with Crippen LogP contribution < -0.4 is 0 Å². The van der Waals surface area contributed by atoms with E-state index in [0.717, 1.165) is 16.6 Å². The van der Waals surface area contributed by atoms with E-state index in [1.165, 1.54) is 71.0 Å². The van der Waals surface area contributed by atoms with E-state index in [1.54, 1.807) is 0 Å². The molecule has 0 aliphatic rings. The average Bonchev–Trinajstić information content (AvgIpc) is 3.71. The van der Waals surface area contributed by atoms with E-state index in [1.807, 2.05) is 6.07 Å². The summed E-state index contributed by atoms with van der Waals surface area (Å²) in [6.07, 6.45) is 0. The lowest BCUT2D eigenvalue weighted by molar-refractivity contribution is 0.669. The van der Waals surface area contributed by atoms with Crippen LogP contribution in [0.15, 0.2) is 126 Å². The fraction of sp³-hybridized carbons (Fsp3) is 0. The van der Waals surface area contributed by atoms with Gasteiger partial charge in [-0.25, -0.2) is 0 Å². The molecule has 0 unspecified atom stereocenters. The van der Waals surface area contributed by atoms with Gasteiger partial charge in [-0.15, -0.1) is 0 Å². The number of aromatic nitrogens is 2. The second-order valence-electron chi connectivity index (χ2n) is 10.5. The Hall–Kier alpha value is -5.28. The van der Waals surface area contributed by atoms with Crippen molar-refractivity contribution in [1.82, 2.24) is 8.97 Å². The predicted molar refractivity (Wildman–Crippen MR) is 163 cm³/mol. The topological polar surface area (TPSA) is 22.5 Å².